The van der Waals surface area contributed by atoms with E-state index in [1.54, 1.807) is 0 Å². The van der Waals surface area contributed by atoms with Gasteiger partial charge in [0.05, 0.1) is 0 Å². The quantitative estimate of drug-likeness (QED) is 0.633. The molecule has 2 heterocycles. The minimum absolute atomic E-state index is 0.420. The first-order chi connectivity index (χ1) is 9.72. The average molecular weight is 279 g/mol. The van der Waals surface area contributed by atoms with Crippen molar-refractivity contribution in [3.8, 4) is 0 Å². The number of nitrogens with one attached hydrogen (secondary N) is 1. The van der Waals surface area contributed by atoms with Gasteiger partial charge in [0.2, 0.25) is 0 Å². The molecule has 1 aliphatic rings. The lowest BCUT2D eigenvalue weighted by atomic mass is 10.0. The van der Waals surface area contributed by atoms with Crippen molar-refractivity contribution in [2.75, 3.05) is 30.0 Å². The summed E-state index contributed by atoms with van der Waals surface area (Å²) in [5, 5.41) is 0. The third-order valence-corrected chi connectivity index (χ3v) is 3.68. The van der Waals surface area contributed by atoms with Crippen LogP contribution in [0.4, 0.5) is 11.6 Å². The van der Waals surface area contributed by atoms with Crippen LogP contribution in [0.25, 0.3) is 0 Å². The Morgan fingerprint density at radius 3 is 3.00 bits per heavy atom. The Morgan fingerprint density at radius 1 is 1.40 bits per heavy atom. The molecule has 1 saturated heterocycles. The summed E-state index contributed by atoms with van der Waals surface area (Å²) < 4.78 is 5.39. The molecule has 0 amide bonds. The van der Waals surface area contributed by atoms with E-state index in [-0.39, 0.29) is 0 Å². The van der Waals surface area contributed by atoms with Crippen molar-refractivity contribution in [1.29, 1.82) is 0 Å². The molecule has 2 rings (SSSR count). The molecule has 1 unspecified atom stereocenters. The summed E-state index contributed by atoms with van der Waals surface area (Å²) in [6.45, 7) is 7.43. The first kappa shape index (κ1) is 15.0. The number of aromatic nitrogens is 2. The van der Waals surface area contributed by atoms with Crippen molar-refractivity contribution < 1.29 is 4.74 Å². The van der Waals surface area contributed by atoms with Gasteiger partial charge in [0.15, 0.2) is 5.82 Å². The van der Waals surface area contributed by atoms with E-state index in [4.69, 9.17) is 10.6 Å². The standard InChI is InChI=1S/C14H25N5O/c1-3-20-10-13-16-12(18-15)9-14(17-13)19-7-4-5-11(2)6-8-19/h9,11H,3-8,10,15H2,1-2H3,(H,16,17,18). The van der Waals surface area contributed by atoms with Gasteiger partial charge in [0.1, 0.15) is 18.2 Å². The van der Waals surface area contributed by atoms with E-state index in [2.05, 4.69) is 27.2 Å². The summed E-state index contributed by atoms with van der Waals surface area (Å²) >= 11 is 0. The number of nitrogens with zero attached hydrogens (tertiary/aromatic N) is 3. The summed E-state index contributed by atoms with van der Waals surface area (Å²) in [4.78, 5) is 11.2. The van der Waals surface area contributed by atoms with E-state index < -0.39 is 0 Å². The third-order valence-electron chi connectivity index (χ3n) is 3.68. The predicted octanol–water partition coefficient (Wildman–Crippen LogP) is 1.93. The lowest BCUT2D eigenvalue weighted by molar-refractivity contribution is 0.128. The molecule has 1 aromatic rings. The second-order valence-electron chi connectivity index (χ2n) is 5.33. The molecule has 112 valence electrons. The number of ether oxygens (including phenoxy) is 1. The van der Waals surface area contributed by atoms with Gasteiger partial charge in [-0.3, -0.25) is 0 Å². The van der Waals surface area contributed by atoms with E-state index in [1.807, 2.05) is 13.0 Å². The molecule has 6 heteroatoms. The monoisotopic (exact) mass is 279 g/mol. The van der Waals surface area contributed by atoms with Crippen LogP contribution in [0, 0.1) is 5.92 Å². The minimum Gasteiger partial charge on any atom is -0.374 e. The van der Waals surface area contributed by atoms with Crippen molar-refractivity contribution in [1.82, 2.24) is 9.97 Å². The van der Waals surface area contributed by atoms with Gasteiger partial charge in [-0.1, -0.05) is 6.92 Å². The molecule has 0 spiro atoms. The lowest BCUT2D eigenvalue weighted by Gasteiger charge is -2.22. The van der Waals surface area contributed by atoms with Crippen molar-refractivity contribution in [3.63, 3.8) is 0 Å². The lowest BCUT2D eigenvalue weighted by Crippen LogP contribution is -2.26. The summed E-state index contributed by atoms with van der Waals surface area (Å²) in [5.41, 5.74) is 2.61. The summed E-state index contributed by atoms with van der Waals surface area (Å²) in [7, 11) is 0. The Kier molecular flexibility index (Phi) is 5.55. The highest BCUT2D eigenvalue weighted by Gasteiger charge is 2.16. The Balaban J connectivity index is 2.16. The average Bonchev–Trinajstić information content (AvgIpc) is 2.69. The van der Waals surface area contributed by atoms with Crippen molar-refractivity contribution in [2.45, 2.75) is 39.7 Å². The molecule has 0 bridgehead atoms. The normalized spacial score (nSPS) is 19.8. The van der Waals surface area contributed by atoms with Crippen molar-refractivity contribution in [3.05, 3.63) is 11.9 Å². The van der Waals surface area contributed by atoms with Gasteiger partial charge in [-0.25, -0.2) is 15.8 Å². The zero-order valence-corrected chi connectivity index (χ0v) is 12.4. The SMILES string of the molecule is CCOCc1nc(NN)cc(N2CCCC(C)CC2)n1. The fourth-order valence-corrected chi connectivity index (χ4v) is 2.47. The Bertz CT molecular complexity index is 426. The second-order valence-corrected chi connectivity index (χ2v) is 5.33. The van der Waals surface area contributed by atoms with Gasteiger partial charge < -0.3 is 15.1 Å². The fraction of sp³-hybridized carbons (Fsp3) is 0.714. The topological polar surface area (TPSA) is 76.3 Å². The van der Waals surface area contributed by atoms with Gasteiger partial charge in [0, 0.05) is 25.8 Å². The van der Waals surface area contributed by atoms with Crippen LogP contribution in [0.5, 0.6) is 0 Å². The first-order valence-corrected chi connectivity index (χ1v) is 7.40. The zero-order valence-electron chi connectivity index (χ0n) is 12.4. The number of nitrogen functional groups attached to an aromatic ring is 1. The van der Waals surface area contributed by atoms with Gasteiger partial charge in [-0.15, -0.1) is 0 Å². The van der Waals surface area contributed by atoms with Crippen LogP contribution >= 0.6 is 0 Å². The summed E-state index contributed by atoms with van der Waals surface area (Å²) in [5.74, 6) is 8.55. The molecular weight excluding hydrogens is 254 g/mol. The van der Waals surface area contributed by atoms with Crippen LogP contribution in [-0.2, 0) is 11.3 Å². The number of hydrazine groups is 1. The van der Waals surface area contributed by atoms with Crippen LogP contribution in [-0.4, -0.2) is 29.7 Å². The Labute approximate surface area is 120 Å². The molecule has 6 nitrogen and oxygen atoms in total. The third kappa shape index (κ3) is 4.05. The minimum atomic E-state index is 0.420. The first-order valence-electron chi connectivity index (χ1n) is 7.40. The molecule has 20 heavy (non-hydrogen) atoms. The number of hydrogen-bond acceptors (Lipinski definition) is 6. The van der Waals surface area contributed by atoms with Crippen molar-refractivity contribution >= 4 is 11.6 Å². The Hall–Kier alpha value is -1.40. The van der Waals surface area contributed by atoms with Crippen molar-refractivity contribution in [2.24, 2.45) is 11.8 Å². The molecule has 1 aliphatic heterocycles. The van der Waals surface area contributed by atoms with Gasteiger partial charge >= 0.3 is 0 Å². The largest absolute Gasteiger partial charge is 0.374 e. The van der Waals surface area contributed by atoms with E-state index in [1.165, 1.54) is 19.3 Å². The Morgan fingerprint density at radius 2 is 2.25 bits per heavy atom. The number of rotatable bonds is 5. The van der Waals surface area contributed by atoms with Gasteiger partial charge in [0.25, 0.3) is 0 Å². The zero-order chi connectivity index (χ0) is 14.4. The molecule has 1 atom stereocenters. The molecule has 0 aliphatic carbocycles. The van der Waals surface area contributed by atoms with Crippen LogP contribution < -0.4 is 16.2 Å². The van der Waals surface area contributed by atoms with Gasteiger partial charge in [-0.05, 0) is 32.1 Å². The molecule has 0 saturated carbocycles. The van der Waals surface area contributed by atoms with E-state index in [9.17, 15) is 0 Å². The number of anilines is 2. The molecule has 3 N–H and O–H groups in total. The predicted molar refractivity (Wildman–Crippen MR) is 80.4 cm³/mol. The van der Waals surface area contributed by atoms with Crippen LogP contribution in [0.3, 0.4) is 0 Å². The van der Waals surface area contributed by atoms with Crippen LogP contribution in [0.1, 0.15) is 38.9 Å². The smallest absolute Gasteiger partial charge is 0.158 e. The maximum atomic E-state index is 5.50. The highest BCUT2D eigenvalue weighted by molar-refractivity contribution is 5.49. The molecule has 1 aromatic heterocycles. The summed E-state index contributed by atoms with van der Waals surface area (Å²) in [6.07, 6.45) is 3.70. The highest BCUT2D eigenvalue weighted by Crippen LogP contribution is 2.22. The molecule has 1 fully saturated rings. The molecular formula is C14H25N5O. The van der Waals surface area contributed by atoms with Crippen LogP contribution in [0.2, 0.25) is 0 Å². The van der Waals surface area contributed by atoms with E-state index in [0.717, 1.165) is 24.8 Å². The van der Waals surface area contributed by atoms with Crippen LogP contribution in [0.15, 0.2) is 6.07 Å². The maximum Gasteiger partial charge on any atom is 0.158 e. The fourth-order valence-electron chi connectivity index (χ4n) is 2.47. The van der Waals surface area contributed by atoms with E-state index >= 15 is 0 Å². The highest BCUT2D eigenvalue weighted by atomic mass is 16.5. The number of hydrogen-bond donors (Lipinski definition) is 2. The molecule has 0 aromatic carbocycles. The van der Waals surface area contributed by atoms with E-state index in [0.29, 0.717) is 24.9 Å². The second kappa shape index (κ2) is 7.40. The summed E-state index contributed by atoms with van der Waals surface area (Å²) in [6, 6.07) is 1.91. The van der Waals surface area contributed by atoms with Gasteiger partial charge in [-0.2, -0.15) is 0 Å². The maximum absolute atomic E-state index is 5.50. The number of nitrogens with two attached hydrogens (primary N) is 1. The molecule has 0 radical (unpaired) electrons.